The van der Waals surface area contributed by atoms with Gasteiger partial charge in [0.15, 0.2) is 0 Å². The van der Waals surface area contributed by atoms with Gasteiger partial charge in [-0.1, -0.05) is 27.2 Å². The van der Waals surface area contributed by atoms with Crippen LogP contribution in [0.2, 0.25) is 0 Å². The second-order valence-electron chi connectivity index (χ2n) is 6.65. The molecule has 2 heterocycles. The molecule has 0 aromatic heterocycles. The van der Waals surface area contributed by atoms with E-state index in [0.717, 1.165) is 12.0 Å². The number of thioether (sulfide) groups is 1. The Labute approximate surface area is 111 Å². The molecule has 2 saturated heterocycles. The minimum atomic E-state index is 0.445. The van der Waals surface area contributed by atoms with E-state index in [4.69, 9.17) is 5.73 Å². The summed E-state index contributed by atoms with van der Waals surface area (Å²) in [6, 6.07) is 1.24. The first-order chi connectivity index (χ1) is 8.02. The van der Waals surface area contributed by atoms with E-state index in [1.165, 1.54) is 43.9 Å². The Hall–Kier alpha value is 0.270. The van der Waals surface area contributed by atoms with Gasteiger partial charge in [0.25, 0.3) is 0 Å². The van der Waals surface area contributed by atoms with Gasteiger partial charge < -0.3 is 5.73 Å². The quantitative estimate of drug-likeness (QED) is 0.823. The van der Waals surface area contributed by atoms with Crippen molar-refractivity contribution in [3.05, 3.63) is 0 Å². The lowest BCUT2D eigenvalue weighted by atomic mass is 9.84. The molecule has 0 bridgehead atoms. The number of hydrogen-bond acceptors (Lipinski definition) is 3. The van der Waals surface area contributed by atoms with Gasteiger partial charge in [0.05, 0.1) is 0 Å². The fourth-order valence-corrected chi connectivity index (χ4v) is 4.69. The highest BCUT2D eigenvalue weighted by Gasteiger charge is 2.35. The maximum absolute atomic E-state index is 6.20. The lowest BCUT2D eigenvalue weighted by molar-refractivity contribution is 0.0913. The van der Waals surface area contributed by atoms with Crippen LogP contribution >= 0.6 is 11.8 Å². The van der Waals surface area contributed by atoms with Crippen molar-refractivity contribution in [2.75, 3.05) is 24.6 Å². The molecule has 0 aromatic rings. The van der Waals surface area contributed by atoms with Gasteiger partial charge in [0.2, 0.25) is 0 Å². The predicted molar refractivity (Wildman–Crippen MR) is 77.5 cm³/mol. The van der Waals surface area contributed by atoms with E-state index in [9.17, 15) is 0 Å². The zero-order valence-corrected chi connectivity index (χ0v) is 12.4. The Morgan fingerprint density at radius 1 is 1.41 bits per heavy atom. The third kappa shape index (κ3) is 3.39. The third-order valence-electron chi connectivity index (χ3n) is 4.46. The molecule has 3 heteroatoms. The summed E-state index contributed by atoms with van der Waals surface area (Å²) in [5.41, 5.74) is 6.73. The van der Waals surface area contributed by atoms with Crippen LogP contribution in [0.3, 0.4) is 0 Å². The number of rotatable bonds is 2. The topological polar surface area (TPSA) is 29.3 Å². The van der Waals surface area contributed by atoms with Crippen LogP contribution in [0.4, 0.5) is 0 Å². The molecule has 2 N–H and O–H groups in total. The molecule has 100 valence electrons. The van der Waals surface area contributed by atoms with E-state index in [2.05, 4.69) is 37.4 Å². The molecule has 2 aliphatic heterocycles. The van der Waals surface area contributed by atoms with Gasteiger partial charge >= 0.3 is 0 Å². The van der Waals surface area contributed by atoms with E-state index < -0.39 is 0 Å². The first-order valence-electron chi connectivity index (χ1n) is 7.09. The Morgan fingerprint density at radius 2 is 2.18 bits per heavy atom. The van der Waals surface area contributed by atoms with Gasteiger partial charge in [-0.3, -0.25) is 4.90 Å². The van der Waals surface area contributed by atoms with E-state index >= 15 is 0 Å². The largest absolute Gasteiger partial charge is 0.327 e. The lowest BCUT2D eigenvalue weighted by Gasteiger charge is -2.45. The summed E-state index contributed by atoms with van der Waals surface area (Å²) in [6.45, 7) is 9.57. The van der Waals surface area contributed by atoms with Crippen molar-refractivity contribution in [2.24, 2.45) is 17.1 Å². The maximum atomic E-state index is 6.20. The summed E-state index contributed by atoms with van der Waals surface area (Å²) in [4.78, 5) is 2.73. The van der Waals surface area contributed by atoms with Gasteiger partial charge in [0, 0.05) is 24.4 Å². The van der Waals surface area contributed by atoms with Gasteiger partial charge in [-0.15, -0.1) is 0 Å². The highest BCUT2D eigenvalue weighted by atomic mass is 32.2. The Kier molecular flexibility index (Phi) is 4.43. The standard InChI is InChI=1S/C14H28N2S/c1-4-11-8-16(6-5-13(11)15)12-7-14(2,3)10-17-9-12/h11-13H,4-10,15H2,1-3H3. The predicted octanol–water partition coefficient (Wildman–Crippen LogP) is 2.58. The number of piperidine rings is 1. The van der Waals surface area contributed by atoms with Crippen LogP contribution in [-0.2, 0) is 0 Å². The zero-order chi connectivity index (χ0) is 12.5. The first-order valence-corrected chi connectivity index (χ1v) is 8.24. The normalized spacial score (nSPS) is 39.2. The number of nitrogens with zero attached hydrogens (tertiary/aromatic N) is 1. The average molecular weight is 256 g/mol. The second-order valence-corrected chi connectivity index (χ2v) is 7.68. The molecule has 0 saturated carbocycles. The van der Waals surface area contributed by atoms with Crippen LogP contribution in [0.1, 0.15) is 40.0 Å². The van der Waals surface area contributed by atoms with Crippen molar-refractivity contribution in [1.82, 2.24) is 4.90 Å². The van der Waals surface area contributed by atoms with E-state index in [0.29, 0.717) is 11.5 Å². The Morgan fingerprint density at radius 3 is 2.82 bits per heavy atom. The van der Waals surface area contributed by atoms with Crippen LogP contribution < -0.4 is 5.73 Å². The molecule has 0 aliphatic carbocycles. The molecule has 17 heavy (non-hydrogen) atoms. The Balaban J connectivity index is 1.93. The van der Waals surface area contributed by atoms with E-state index in [-0.39, 0.29) is 0 Å². The van der Waals surface area contributed by atoms with Crippen LogP contribution in [0.5, 0.6) is 0 Å². The highest BCUT2D eigenvalue weighted by molar-refractivity contribution is 7.99. The molecule has 0 spiro atoms. The molecular weight excluding hydrogens is 228 g/mol. The molecule has 2 fully saturated rings. The molecule has 2 aliphatic rings. The minimum Gasteiger partial charge on any atom is -0.327 e. The number of nitrogens with two attached hydrogens (primary N) is 1. The smallest absolute Gasteiger partial charge is 0.0191 e. The number of likely N-dealkylation sites (tertiary alicyclic amines) is 1. The third-order valence-corrected chi connectivity index (χ3v) is 6.06. The molecule has 2 nitrogen and oxygen atoms in total. The zero-order valence-electron chi connectivity index (χ0n) is 11.6. The lowest BCUT2D eigenvalue weighted by Crippen LogP contribution is -2.53. The van der Waals surface area contributed by atoms with Crippen molar-refractivity contribution >= 4 is 11.8 Å². The van der Waals surface area contributed by atoms with Crippen molar-refractivity contribution in [3.8, 4) is 0 Å². The second kappa shape index (κ2) is 5.50. The van der Waals surface area contributed by atoms with Crippen molar-refractivity contribution in [1.29, 1.82) is 0 Å². The first kappa shape index (κ1) is 13.7. The molecule has 0 amide bonds. The van der Waals surface area contributed by atoms with Crippen molar-refractivity contribution < 1.29 is 0 Å². The van der Waals surface area contributed by atoms with Gasteiger partial charge in [-0.25, -0.2) is 0 Å². The summed E-state index contributed by atoms with van der Waals surface area (Å²) < 4.78 is 0. The van der Waals surface area contributed by atoms with E-state index in [1.54, 1.807) is 0 Å². The molecule has 0 radical (unpaired) electrons. The van der Waals surface area contributed by atoms with Gasteiger partial charge in [0.1, 0.15) is 0 Å². The fourth-order valence-electron chi connectivity index (χ4n) is 3.30. The fraction of sp³-hybridized carbons (Fsp3) is 1.00. The SMILES string of the molecule is CCC1CN(C2CSCC(C)(C)C2)CCC1N. The minimum absolute atomic E-state index is 0.445. The average Bonchev–Trinajstić information content (AvgIpc) is 2.28. The van der Waals surface area contributed by atoms with Crippen LogP contribution in [0, 0.1) is 11.3 Å². The van der Waals surface area contributed by atoms with Gasteiger partial charge in [-0.2, -0.15) is 11.8 Å². The summed E-state index contributed by atoms with van der Waals surface area (Å²) in [5, 5.41) is 0. The van der Waals surface area contributed by atoms with Crippen molar-refractivity contribution in [2.45, 2.75) is 52.1 Å². The molecule has 2 rings (SSSR count). The molecule has 3 atom stereocenters. The van der Waals surface area contributed by atoms with E-state index in [1.807, 2.05) is 0 Å². The van der Waals surface area contributed by atoms with Crippen LogP contribution in [0.15, 0.2) is 0 Å². The molecular formula is C14H28N2S. The summed E-state index contributed by atoms with van der Waals surface area (Å²) in [6.07, 6.45) is 3.80. The van der Waals surface area contributed by atoms with Crippen LogP contribution in [-0.4, -0.2) is 41.6 Å². The summed E-state index contributed by atoms with van der Waals surface area (Å²) >= 11 is 2.14. The molecule has 0 aromatic carbocycles. The Bertz CT molecular complexity index is 255. The monoisotopic (exact) mass is 256 g/mol. The summed E-state index contributed by atoms with van der Waals surface area (Å²) in [5.74, 6) is 3.38. The maximum Gasteiger partial charge on any atom is 0.0191 e. The highest BCUT2D eigenvalue weighted by Crippen LogP contribution is 2.36. The molecule has 3 unspecified atom stereocenters. The van der Waals surface area contributed by atoms with Crippen molar-refractivity contribution in [3.63, 3.8) is 0 Å². The summed E-state index contributed by atoms with van der Waals surface area (Å²) in [7, 11) is 0. The number of hydrogen-bond donors (Lipinski definition) is 1. The van der Waals surface area contributed by atoms with Crippen LogP contribution in [0.25, 0.3) is 0 Å². The van der Waals surface area contributed by atoms with Gasteiger partial charge in [-0.05, 0) is 36.5 Å².